The molecule has 0 spiro atoms. The number of carbonyl (C=O) groups is 3. The summed E-state index contributed by atoms with van der Waals surface area (Å²) in [5, 5.41) is 11.8. The largest absolute Gasteiger partial charge is 0.545 e. The second kappa shape index (κ2) is 67.6. The number of hydrogen-bond donors (Lipinski definition) is 0. The van der Waals surface area contributed by atoms with Crippen molar-refractivity contribution in [3.63, 3.8) is 0 Å². The summed E-state index contributed by atoms with van der Waals surface area (Å²) in [5.74, 6) is -2.34. The second-order valence-corrected chi connectivity index (χ2v) is 24.8. The predicted octanol–water partition coefficient (Wildman–Crippen LogP) is 21.0. The standard InChI is InChI=1S/C78H133NO8/c1-6-8-10-12-14-16-18-20-22-24-26-28-29-30-31-32-33-34-35-36-37-38-39-40-41-42-43-44-45-46-47-49-50-52-54-56-58-60-62-64-66-68-75(80)85-72-74(73-86-78(77(82)83)84-71-70-79(3,4)5)87-76(81)69-67-65-63-61-59-57-55-53-51-48-27-25-23-21-19-17-15-13-11-9-7-2/h8-11,14-17,20-23,26-28,48,53,55,59,61,74,78H,6-7,12-13,18-19,24-25,29-47,49-52,54,56-58,60,62-73H2,1-5H3/b10-8-,11-9-,16-14-,17-15-,22-20-,23-21-,28-26-,48-27-,55-53-,61-59-. The van der Waals surface area contributed by atoms with Gasteiger partial charge < -0.3 is 33.3 Å². The van der Waals surface area contributed by atoms with Gasteiger partial charge in [0.25, 0.3) is 0 Å². The van der Waals surface area contributed by atoms with Gasteiger partial charge in [-0.05, 0) is 103 Å². The molecule has 0 amide bonds. The maximum absolute atomic E-state index is 12.9. The highest BCUT2D eigenvalue weighted by atomic mass is 16.7. The van der Waals surface area contributed by atoms with Gasteiger partial charge in [-0.3, -0.25) is 9.59 Å². The summed E-state index contributed by atoms with van der Waals surface area (Å²) < 4.78 is 22.7. The highest BCUT2D eigenvalue weighted by Gasteiger charge is 2.22. The lowest BCUT2D eigenvalue weighted by atomic mass is 10.0. The van der Waals surface area contributed by atoms with Gasteiger partial charge in [0, 0.05) is 12.8 Å². The fourth-order valence-electron chi connectivity index (χ4n) is 9.83. The number of likely N-dealkylation sites (N-methyl/N-ethyl adjacent to an activating group) is 1. The van der Waals surface area contributed by atoms with Gasteiger partial charge in [-0.15, -0.1) is 0 Å². The van der Waals surface area contributed by atoms with Crippen molar-refractivity contribution in [3.8, 4) is 0 Å². The van der Waals surface area contributed by atoms with E-state index in [0.717, 1.165) is 96.3 Å². The molecule has 9 nitrogen and oxygen atoms in total. The zero-order chi connectivity index (χ0) is 63.3. The molecule has 0 heterocycles. The molecule has 0 aliphatic carbocycles. The van der Waals surface area contributed by atoms with Gasteiger partial charge in [0.05, 0.1) is 40.3 Å². The highest BCUT2D eigenvalue weighted by molar-refractivity contribution is 5.70. The molecule has 0 aliphatic heterocycles. The number of carboxylic acid groups (broad SMARTS) is 1. The number of nitrogens with zero attached hydrogens (tertiary/aromatic N) is 1. The van der Waals surface area contributed by atoms with Crippen LogP contribution in [0.5, 0.6) is 0 Å². The molecule has 0 fully saturated rings. The van der Waals surface area contributed by atoms with Crippen LogP contribution in [0.3, 0.4) is 0 Å². The van der Waals surface area contributed by atoms with E-state index in [1.165, 1.54) is 167 Å². The van der Waals surface area contributed by atoms with Crippen molar-refractivity contribution in [3.05, 3.63) is 122 Å². The van der Waals surface area contributed by atoms with Crippen LogP contribution in [0.2, 0.25) is 0 Å². The van der Waals surface area contributed by atoms with Crippen molar-refractivity contribution in [2.75, 3.05) is 47.5 Å². The Morgan fingerprint density at radius 1 is 0.345 bits per heavy atom. The third-order valence-electron chi connectivity index (χ3n) is 15.2. The number of carbonyl (C=O) groups excluding carboxylic acids is 3. The first kappa shape index (κ1) is 82.7. The molecule has 0 radical (unpaired) electrons. The Kier molecular flexibility index (Phi) is 64.3. The lowest BCUT2D eigenvalue weighted by Crippen LogP contribution is -2.44. The Labute approximate surface area is 536 Å². The van der Waals surface area contributed by atoms with Gasteiger partial charge in [0.1, 0.15) is 13.2 Å². The zero-order valence-corrected chi connectivity index (χ0v) is 56.9. The van der Waals surface area contributed by atoms with E-state index in [1.807, 2.05) is 21.1 Å². The summed E-state index contributed by atoms with van der Waals surface area (Å²) in [7, 11) is 5.91. The minimum absolute atomic E-state index is 0.135. The summed E-state index contributed by atoms with van der Waals surface area (Å²) in [5.41, 5.74) is 0. The van der Waals surface area contributed by atoms with Crippen LogP contribution in [0.15, 0.2) is 122 Å². The molecule has 0 N–H and O–H groups in total. The molecule has 0 aromatic heterocycles. The van der Waals surface area contributed by atoms with Gasteiger partial charge in [-0.2, -0.15) is 0 Å². The molecular formula is C78H133NO8. The molecule has 0 saturated carbocycles. The molecule has 2 atom stereocenters. The molecule has 0 saturated heterocycles. The van der Waals surface area contributed by atoms with Crippen molar-refractivity contribution in [2.45, 2.75) is 309 Å². The number of hydrogen-bond acceptors (Lipinski definition) is 8. The van der Waals surface area contributed by atoms with Gasteiger partial charge in [0.2, 0.25) is 0 Å². The first-order valence-electron chi connectivity index (χ1n) is 35.7. The Hall–Kier alpha value is -4.31. The monoisotopic (exact) mass is 1210 g/mol. The second-order valence-electron chi connectivity index (χ2n) is 24.8. The Balaban J connectivity index is 4.01. The van der Waals surface area contributed by atoms with E-state index in [4.69, 9.17) is 18.9 Å². The predicted molar refractivity (Wildman–Crippen MR) is 370 cm³/mol. The summed E-state index contributed by atoms with van der Waals surface area (Å²) in [6.45, 7) is 4.48. The third-order valence-corrected chi connectivity index (χ3v) is 15.2. The van der Waals surface area contributed by atoms with Crippen molar-refractivity contribution in [1.29, 1.82) is 0 Å². The number of esters is 2. The third kappa shape index (κ3) is 69.0. The Bertz CT molecular complexity index is 1840. The molecule has 0 rings (SSSR count). The number of rotatable bonds is 65. The Morgan fingerprint density at radius 3 is 0.943 bits per heavy atom. The molecule has 2 unspecified atom stereocenters. The summed E-state index contributed by atoms with van der Waals surface area (Å²) in [4.78, 5) is 37.4. The highest BCUT2D eigenvalue weighted by Crippen LogP contribution is 2.18. The fraction of sp³-hybridized carbons (Fsp3) is 0.705. The van der Waals surface area contributed by atoms with E-state index in [1.54, 1.807) is 0 Å². The molecule has 87 heavy (non-hydrogen) atoms. The molecule has 0 bridgehead atoms. The van der Waals surface area contributed by atoms with E-state index in [-0.39, 0.29) is 38.6 Å². The first-order chi connectivity index (χ1) is 42.6. The van der Waals surface area contributed by atoms with Gasteiger partial charge in [-0.25, -0.2) is 0 Å². The number of aliphatic carboxylic acids is 1. The normalized spacial score (nSPS) is 13.4. The van der Waals surface area contributed by atoms with Crippen LogP contribution >= 0.6 is 0 Å². The van der Waals surface area contributed by atoms with E-state index >= 15 is 0 Å². The van der Waals surface area contributed by atoms with Crippen molar-refractivity contribution < 1.29 is 42.9 Å². The molecule has 0 aromatic rings. The number of ether oxygens (including phenoxy) is 4. The first-order valence-corrected chi connectivity index (χ1v) is 35.7. The van der Waals surface area contributed by atoms with Gasteiger partial charge in [-0.1, -0.05) is 302 Å². The zero-order valence-electron chi connectivity index (χ0n) is 56.9. The van der Waals surface area contributed by atoms with Gasteiger partial charge in [0.15, 0.2) is 12.4 Å². The smallest absolute Gasteiger partial charge is 0.306 e. The lowest BCUT2D eigenvalue weighted by Gasteiger charge is -2.26. The van der Waals surface area contributed by atoms with Crippen LogP contribution in [0.4, 0.5) is 0 Å². The Morgan fingerprint density at radius 2 is 0.621 bits per heavy atom. The van der Waals surface area contributed by atoms with Gasteiger partial charge >= 0.3 is 11.9 Å². The van der Waals surface area contributed by atoms with E-state index < -0.39 is 24.3 Å². The molecule has 9 heteroatoms. The van der Waals surface area contributed by atoms with Crippen LogP contribution in [0.25, 0.3) is 0 Å². The maximum Gasteiger partial charge on any atom is 0.306 e. The molecule has 0 aliphatic rings. The average molecular weight is 1210 g/mol. The van der Waals surface area contributed by atoms with Crippen LogP contribution in [-0.4, -0.2) is 82.3 Å². The van der Waals surface area contributed by atoms with Crippen molar-refractivity contribution >= 4 is 17.9 Å². The fourth-order valence-corrected chi connectivity index (χ4v) is 9.83. The van der Waals surface area contributed by atoms with Crippen molar-refractivity contribution in [2.24, 2.45) is 0 Å². The molecule has 0 aromatic carbocycles. The van der Waals surface area contributed by atoms with E-state index in [9.17, 15) is 19.5 Å². The summed E-state index contributed by atoms with van der Waals surface area (Å²) in [6, 6.07) is 0. The van der Waals surface area contributed by atoms with Crippen molar-refractivity contribution in [1.82, 2.24) is 0 Å². The summed E-state index contributed by atoms with van der Waals surface area (Å²) >= 11 is 0. The SMILES string of the molecule is CC/C=C\C/C=C\C/C=C\C/C=C\C/C=C\C/C=C\CCCCC(=O)OC(COC(=O)CCCCCCCCCCCCCCCCCCCCCCCCCCCCCC/C=C\C/C=C\C/C=C\C/C=C\CC)COC(OCC[N+](C)(C)C)C(=O)[O-]. The minimum Gasteiger partial charge on any atom is -0.545 e. The number of quaternary nitrogens is 1. The lowest BCUT2D eigenvalue weighted by molar-refractivity contribution is -0.870. The van der Waals surface area contributed by atoms with Crippen LogP contribution in [0, 0.1) is 0 Å². The number of carboxylic acids is 1. The van der Waals surface area contributed by atoms with Crippen LogP contribution < -0.4 is 5.11 Å². The van der Waals surface area contributed by atoms with E-state index in [0.29, 0.717) is 17.4 Å². The van der Waals surface area contributed by atoms with E-state index in [2.05, 4.69) is 135 Å². The minimum atomic E-state index is -1.64. The average Bonchev–Trinajstić information content (AvgIpc) is 3.57. The quantitative estimate of drug-likeness (QED) is 0.0195. The summed E-state index contributed by atoms with van der Waals surface area (Å²) in [6.07, 6.45) is 93.2. The number of allylic oxidation sites excluding steroid dienone is 20. The maximum atomic E-state index is 12.9. The molecular weight excluding hydrogens is 1080 g/mol. The van der Waals surface area contributed by atoms with Crippen LogP contribution in [0.1, 0.15) is 296 Å². The topological polar surface area (TPSA) is 111 Å². The molecule has 498 valence electrons. The van der Waals surface area contributed by atoms with Crippen LogP contribution in [-0.2, 0) is 33.3 Å². The number of unbranched alkanes of at least 4 members (excludes halogenated alkanes) is 30.